The predicted molar refractivity (Wildman–Crippen MR) is 457 cm³/mol. The molecule has 0 aliphatic heterocycles. The largest absolute Gasteiger partial charge is 0.454 e. The molecule has 0 unspecified atom stereocenters. The maximum Gasteiger partial charge on any atom is 0.238 e. The molecule has 16 aromatic carbocycles. The lowest BCUT2D eigenvalue weighted by molar-refractivity contribution is 0.670. The number of hydrogen-bond acceptors (Lipinski definition) is 8. The van der Waals surface area contributed by atoms with Gasteiger partial charge < -0.3 is 8.83 Å². The van der Waals surface area contributed by atoms with Crippen LogP contribution in [0.25, 0.3) is 212 Å². The Morgan fingerprint density at radius 3 is 0.893 bits per heavy atom. The molecule has 524 valence electrons. The lowest BCUT2D eigenvalue weighted by Gasteiger charge is -2.12. The minimum Gasteiger partial charge on any atom is -0.454 e. The Bertz CT molecular complexity index is 7090. The maximum absolute atomic E-state index is 6.87. The summed E-state index contributed by atoms with van der Waals surface area (Å²) in [5.41, 5.74) is 24.4. The Balaban J connectivity index is 0.000000141. The zero-order valence-electron chi connectivity index (χ0n) is 60.3. The second kappa shape index (κ2) is 27.5. The van der Waals surface area contributed by atoms with Gasteiger partial charge in [0.05, 0.1) is 11.0 Å². The van der Waals surface area contributed by atoms with Crippen molar-refractivity contribution < 1.29 is 8.83 Å². The van der Waals surface area contributed by atoms with Gasteiger partial charge >= 0.3 is 0 Å². The molecule has 112 heavy (non-hydrogen) atoms. The van der Waals surface area contributed by atoms with E-state index >= 15 is 0 Å². The predicted octanol–water partition coefficient (Wildman–Crippen LogP) is 26.4. The van der Waals surface area contributed by atoms with E-state index in [1.807, 2.05) is 36.4 Å². The van der Waals surface area contributed by atoms with Crippen LogP contribution in [0.4, 0.5) is 0 Å². The van der Waals surface area contributed by atoms with E-state index in [9.17, 15) is 0 Å². The summed E-state index contributed by atoms with van der Waals surface area (Å²) in [5.74, 6) is 3.40. The van der Waals surface area contributed by atoms with Gasteiger partial charge in [-0.3, -0.25) is 9.13 Å². The fraction of sp³-hybridized carbons (Fsp3) is 0. The van der Waals surface area contributed by atoms with Crippen LogP contribution < -0.4 is 0 Å². The summed E-state index contributed by atoms with van der Waals surface area (Å²) in [6.45, 7) is 0. The second-order valence-electron chi connectivity index (χ2n) is 28.0. The Morgan fingerprint density at radius 2 is 0.491 bits per heavy atom. The number of benzene rings is 16. The highest BCUT2D eigenvalue weighted by Crippen LogP contribution is 2.45. The molecule has 0 atom stereocenters. The van der Waals surface area contributed by atoms with E-state index in [2.05, 4.69) is 361 Å². The number of aromatic nitrogens is 8. The van der Waals surface area contributed by atoms with Crippen LogP contribution in [0, 0.1) is 0 Å². The van der Waals surface area contributed by atoms with Gasteiger partial charge in [0.2, 0.25) is 11.9 Å². The van der Waals surface area contributed by atoms with Crippen LogP contribution in [0.5, 0.6) is 0 Å². The summed E-state index contributed by atoms with van der Waals surface area (Å²) in [4.78, 5) is 31.3. The zero-order chi connectivity index (χ0) is 74.0. The van der Waals surface area contributed by atoms with E-state index < -0.39 is 0 Å². The van der Waals surface area contributed by atoms with Gasteiger partial charge in [0.25, 0.3) is 0 Å². The number of para-hydroxylation sites is 2. The van der Waals surface area contributed by atoms with E-state index in [4.69, 9.17) is 38.7 Å². The first kappa shape index (κ1) is 65.1. The van der Waals surface area contributed by atoms with E-state index in [1.54, 1.807) is 0 Å². The van der Waals surface area contributed by atoms with Gasteiger partial charge in [-0.2, -0.15) is 19.9 Å². The Morgan fingerprint density at radius 1 is 0.188 bits per heavy atom. The molecular weight excluding hydrogens is 1370 g/mol. The minimum atomic E-state index is 0.520. The molecule has 0 saturated carbocycles. The average Bonchev–Trinajstić information content (AvgIpc) is 1.56. The molecular formula is C102H64N8O2. The molecule has 0 radical (unpaired) electrons. The van der Waals surface area contributed by atoms with Crippen molar-refractivity contribution in [2.45, 2.75) is 0 Å². The topological polar surface area (TPSA) is 113 Å². The highest BCUT2D eigenvalue weighted by atomic mass is 16.3. The summed E-state index contributed by atoms with van der Waals surface area (Å²) < 4.78 is 18.0. The third-order valence-corrected chi connectivity index (χ3v) is 21.4. The third-order valence-electron chi connectivity index (χ3n) is 21.4. The zero-order valence-corrected chi connectivity index (χ0v) is 60.3. The number of rotatable bonds is 12. The molecule has 10 heteroatoms. The molecule has 0 N–H and O–H groups in total. The Labute approximate surface area is 643 Å². The lowest BCUT2D eigenvalue weighted by Crippen LogP contribution is -2.06. The quantitative estimate of drug-likeness (QED) is 0.119. The molecule has 0 fully saturated rings. The van der Waals surface area contributed by atoms with Crippen molar-refractivity contribution >= 4 is 87.5 Å². The van der Waals surface area contributed by atoms with Crippen molar-refractivity contribution in [2.75, 3.05) is 0 Å². The number of fused-ring (bicyclic) bond motifs is 14. The van der Waals surface area contributed by atoms with Gasteiger partial charge in [-0.15, -0.1) is 0 Å². The monoisotopic (exact) mass is 1430 g/mol. The molecule has 0 aliphatic rings. The molecule has 22 aromatic rings. The number of furan rings is 2. The van der Waals surface area contributed by atoms with Crippen molar-refractivity contribution in [3.8, 4) is 124 Å². The molecule has 0 aliphatic carbocycles. The summed E-state index contributed by atoms with van der Waals surface area (Å²) in [6.07, 6.45) is 0. The second-order valence-corrected chi connectivity index (χ2v) is 28.0. The first-order valence-electron chi connectivity index (χ1n) is 37.5. The molecule has 6 heterocycles. The highest BCUT2D eigenvalue weighted by Gasteiger charge is 2.26. The van der Waals surface area contributed by atoms with Gasteiger partial charge in [-0.25, -0.2) is 9.97 Å². The first-order chi connectivity index (χ1) is 55.5. The fourth-order valence-corrected chi connectivity index (χ4v) is 15.9. The molecule has 0 amide bonds. The van der Waals surface area contributed by atoms with Gasteiger partial charge in [0.1, 0.15) is 22.2 Å². The molecule has 0 spiro atoms. The SMILES string of the molecule is c1ccc(-c2ccc(-c3nc(-c4ccc(-c5ccccc5)cc4)nc(-n4c5ccccc5c5ccc6c(oc7cccc(-c8ccccc8)c76)c54)n3)cc2)cc1.c1ccc(-c2ccc(-c3nc(-c4ccc(-c5ccccc5)cc4)nc(-n4c5ccccc5c5ccc6c7cc(-c8ccccc8)ccc7oc6c54)n3)cc2)cc1. The average molecular weight is 1430 g/mol. The maximum atomic E-state index is 6.87. The standard InChI is InChI=1S/2C51H32N4O/c1-4-13-33(14-5-1)35-23-27-38(28-24-35)49-52-50(39-29-25-36(26-30-39)34-15-6-2-7-16-34)54-51(53-49)55-44-21-11-10-19-41(44)42-31-32-43-46-40(37-17-8-3-9-18-37)20-12-22-45(46)56-48(43)47(42)55;1-4-12-33(13-5-1)36-20-24-38(25-21-36)49-52-50(39-26-22-37(23-27-39)34-14-6-2-7-15-34)54-51(53-49)55-45-19-11-10-18-41(45)42-29-30-43-44-32-40(35-16-8-3-9-17-35)28-31-46(44)56-48(43)47(42)55/h2*1-32H. The highest BCUT2D eigenvalue weighted by molar-refractivity contribution is 6.24. The first-order valence-corrected chi connectivity index (χ1v) is 37.5. The molecule has 6 aromatic heterocycles. The van der Waals surface area contributed by atoms with E-state index in [-0.39, 0.29) is 0 Å². The van der Waals surface area contributed by atoms with Crippen LogP contribution in [0.3, 0.4) is 0 Å². The van der Waals surface area contributed by atoms with Crippen LogP contribution in [0.1, 0.15) is 0 Å². The normalized spacial score (nSPS) is 11.6. The van der Waals surface area contributed by atoms with Gasteiger partial charge in [-0.05, 0) is 109 Å². The smallest absolute Gasteiger partial charge is 0.238 e. The van der Waals surface area contributed by atoms with Crippen molar-refractivity contribution in [2.24, 2.45) is 0 Å². The van der Waals surface area contributed by atoms with Crippen molar-refractivity contribution in [1.82, 2.24) is 39.0 Å². The summed E-state index contributed by atoms with van der Waals surface area (Å²) in [5, 5.41) is 8.55. The van der Waals surface area contributed by atoms with Crippen molar-refractivity contribution in [3.63, 3.8) is 0 Å². The Hall–Kier alpha value is -15.3. The Kier molecular flexibility index (Phi) is 16.0. The summed E-state index contributed by atoms with van der Waals surface area (Å²) in [6, 6.07) is 135. The van der Waals surface area contributed by atoms with Gasteiger partial charge in [0, 0.05) is 65.3 Å². The molecule has 22 rings (SSSR count). The van der Waals surface area contributed by atoms with Crippen molar-refractivity contribution in [3.05, 3.63) is 388 Å². The molecule has 0 bridgehead atoms. The molecule has 10 nitrogen and oxygen atoms in total. The van der Waals surface area contributed by atoms with Gasteiger partial charge in [-0.1, -0.05) is 346 Å². The van der Waals surface area contributed by atoms with E-state index in [0.29, 0.717) is 35.2 Å². The van der Waals surface area contributed by atoms with Crippen LogP contribution >= 0.6 is 0 Å². The van der Waals surface area contributed by atoms with E-state index in [1.165, 1.54) is 0 Å². The van der Waals surface area contributed by atoms with Crippen molar-refractivity contribution in [1.29, 1.82) is 0 Å². The third kappa shape index (κ3) is 11.6. The van der Waals surface area contributed by atoms with E-state index in [0.717, 1.165) is 177 Å². The minimum absolute atomic E-state index is 0.520. The van der Waals surface area contributed by atoms with Crippen LogP contribution in [0.2, 0.25) is 0 Å². The van der Waals surface area contributed by atoms with Crippen LogP contribution in [0.15, 0.2) is 397 Å². The van der Waals surface area contributed by atoms with Crippen LogP contribution in [-0.4, -0.2) is 39.0 Å². The fourth-order valence-electron chi connectivity index (χ4n) is 15.9. The summed E-state index contributed by atoms with van der Waals surface area (Å²) >= 11 is 0. The lowest BCUT2D eigenvalue weighted by atomic mass is 9.99. The summed E-state index contributed by atoms with van der Waals surface area (Å²) in [7, 11) is 0. The van der Waals surface area contributed by atoms with Gasteiger partial charge in [0.15, 0.2) is 34.5 Å². The number of nitrogens with zero attached hydrogens (tertiary/aromatic N) is 8. The molecule has 0 saturated heterocycles. The van der Waals surface area contributed by atoms with Crippen LogP contribution in [-0.2, 0) is 0 Å². The number of hydrogen-bond donors (Lipinski definition) is 0.